The number of aromatic nitrogens is 5. The van der Waals surface area contributed by atoms with Gasteiger partial charge in [0.15, 0.2) is 4.96 Å². The number of thiazole rings is 1. The molecule has 3 heterocycles. The fourth-order valence-corrected chi connectivity index (χ4v) is 2.78. The Morgan fingerprint density at radius 1 is 1.43 bits per heavy atom. The zero-order valence-electron chi connectivity index (χ0n) is 11.5. The molecular formula is C13H16N6OS. The fraction of sp³-hybridized carbons (Fsp3) is 0.385. The molecular weight excluding hydrogens is 288 g/mol. The van der Waals surface area contributed by atoms with Crippen molar-refractivity contribution in [2.75, 3.05) is 6.54 Å². The van der Waals surface area contributed by atoms with Crippen LogP contribution >= 0.6 is 11.3 Å². The largest absolute Gasteiger partial charge is 0.356 e. The van der Waals surface area contributed by atoms with E-state index in [4.69, 9.17) is 0 Å². The Kier molecular flexibility index (Phi) is 4.25. The van der Waals surface area contributed by atoms with Gasteiger partial charge in [-0.1, -0.05) is 0 Å². The van der Waals surface area contributed by atoms with E-state index in [-0.39, 0.29) is 5.91 Å². The van der Waals surface area contributed by atoms with Crippen molar-refractivity contribution in [2.45, 2.75) is 25.8 Å². The van der Waals surface area contributed by atoms with E-state index in [1.807, 2.05) is 22.2 Å². The standard InChI is InChI=1S/C13H16N6OS/c20-12(2-1-5-19-10-14-9-16-19)15-4-3-11-8-18-6-7-21-13(18)17-11/h6-10H,1-5H2,(H,15,20). The van der Waals surface area contributed by atoms with Crippen LogP contribution in [0.5, 0.6) is 0 Å². The molecule has 0 bridgehead atoms. The lowest BCUT2D eigenvalue weighted by Crippen LogP contribution is -2.25. The van der Waals surface area contributed by atoms with Gasteiger partial charge in [0.25, 0.3) is 0 Å². The number of carbonyl (C=O) groups excluding carboxylic acids is 1. The molecule has 0 aliphatic heterocycles. The van der Waals surface area contributed by atoms with Gasteiger partial charge in [0.1, 0.15) is 12.7 Å². The van der Waals surface area contributed by atoms with Crippen LogP contribution in [0, 0.1) is 0 Å². The number of hydrogen-bond acceptors (Lipinski definition) is 5. The van der Waals surface area contributed by atoms with E-state index in [0.29, 0.717) is 19.5 Å². The minimum absolute atomic E-state index is 0.0659. The highest BCUT2D eigenvalue weighted by Crippen LogP contribution is 2.11. The number of nitrogens with zero attached hydrogens (tertiary/aromatic N) is 5. The maximum Gasteiger partial charge on any atom is 0.220 e. The number of imidazole rings is 1. The second-order valence-electron chi connectivity index (χ2n) is 4.69. The van der Waals surface area contributed by atoms with Crippen LogP contribution in [0.15, 0.2) is 30.4 Å². The minimum Gasteiger partial charge on any atom is -0.356 e. The van der Waals surface area contributed by atoms with Crippen LogP contribution in [-0.2, 0) is 17.8 Å². The van der Waals surface area contributed by atoms with Crippen molar-refractivity contribution in [3.05, 3.63) is 36.1 Å². The number of rotatable bonds is 7. The van der Waals surface area contributed by atoms with Gasteiger partial charge in [-0.3, -0.25) is 13.9 Å². The molecule has 3 rings (SSSR count). The highest BCUT2D eigenvalue weighted by atomic mass is 32.1. The second-order valence-corrected chi connectivity index (χ2v) is 5.56. The Morgan fingerprint density at radius 3 is 3.19 bits per heavy atom. The van der Waals surface area contributed by atoms with E-state index < -0.39 is 0 Å². The summed E-state index contributed by atoms with van der Waals surface area (Å²) in [6.45, 7) is 1.33. The monoisotopic (exact) mass is 304 g/mol. The summed E-state index contributed by atoms with van der Waals surface area (Å²) < 4.78 is 3.73. The second kappa shape index (κ2) is 6.49. The quantitative estimate of drug-likeness (QED) is 0.710. The highest BCUT2D eigenvalue weighted by molar-refractivity contribution is 7.15. The van der Waals surface area contributed by atoms with E-state index in [9.17, 15) is 4.79 Å². The van der Waals surface area contributed by atoms with Crippen molar-refractivity contribution in [3.63, 3.8) is 0 Å². The van der Waals surface area contributed by atoms with E-state index in [1.54, 1.807) is 22.3 Å². The third kappa shape index (κ3) is 3.66. The minimum atomic E-state index is 0.0659. The Labute approximate surface area is 125 Å². The zero-order valence-corrected chi connectivity index (χ0v) is 12.3. The lowest BCUT2D eigenvalue weighted by atomic mass is 10.3. The molecule has 3 aromatic rings. The Bertz CT molecular complexity index is 673. The average molecular weight is 304 g/mol. The summed E-state index contributed by atoms with van der Waals surface area (Å²) >= 11 is 1.61. The van der Waals surface area contributed by atoms with E-state index >= 15 is 0 Å². The molecule has 21 heavy (non-hydrogen) atoms. The number of amides is 1. The fourth-order valence-electron chi connectivity index (χ4n) is 2.06. The van der Waals surface area contributed by atoms with Crippen molar-refractivity contribution >= 4 is 22.2 Å². The van der Waals surface area contributed by atoms with Crippen molar-refractivity contribution in [2.24, 2.45) is 0 Å². The molecule has 110 valence electrons. The SMILES string of the molecule is O=C(CCCn1cncn1)NCCc1cn2ccsc2n1. The molecule has 1 amide bonds. The third-order valence-corrected chi connectivity index (χ3v) is 3.87. The van der Waals surface area contributed by atoms with E-state index in [2.05, 4.69) is 20.4 Å². The normalized spacial score (nSPS) is 11.0. The maximum atomic E-state index is 11.7. The number of fused-ring (bicyclic) bond motifs is 1. The molecule has 0 fully saturated rings. The van der Waals surface area contributed by atoms with Gasteiger partial charge in [0, 0.05) is 43.7 Å². The van der Waals surface area contributed by atoms with Crippen LogP contribution in [0.1, 0.15) is 18.5 Å². The topological polar surface area (TPSA) is 77.1 Å². The number of nitrogens with one attached hydrogen (secondary N) is 1. The van der Waals surface area contributed by atoms with Crippen LogP contribution in [0.2, 0.25) is 0 Å². The lowest BCUT2D eigenvalue weighted by molar-refractivity contribution is -0.121. The van der Waals surface area contributed by atoms with Crippen molar-refractivity contribution in [1.29, 1.82) is 0 Å². The summed E-state index contributed by atoms with van der Waals surface area (Å²) in [5.41, 5.74) is 1.00. The van der Waals surface area contributed by atoms with Crippen LogP contribution in [0.25, 0.3) is 4.96 Å². The Balaban J connectivity index is 1.35. The zero-order chi connectivity index (χ0) is 14.5. The molecule has 0 aromatic carbocycles. The first-order valence-corrected chi connectivity index (χ1v) is 7.69. The molecule has 0 aliphatic carbocycles. The van der Waals surface area contributed by atoms with E-state index in [1.165, 1.54) is 6.33 Å². The predicted octanol–water partition coefficient (Wildman–Crippen LogP) is 1.13. The number of hydrogen-bond donors (Lipinski definition) is 1. The highest BCUT2D eigenvalue weighted by Gasteiger charge is 2.04. The summed E-state index contributed by atoms with van der Waals surface area (Å²) in [6.07, 6.45) is 9.15. The van der Waals surface area contributed by atoms with Gasteiger partial charge in [-0.15, -0.1) is 11.3 Å². The van der Waals surface area contributed by atoms with Gasteiger partial charge < -0.3 is 5.32 Å². The Hall–Kier alpha value is -2.22. The lowest BCUT2D eigenvalue weighted by Gasteiger charge is -2.04. The van der Waals surface area contributed by atoms with Gasteiger partial charge in [0.05, 0.1) is 5.69 Å². The number of carbonyl (C=O) groups is 1. The van der Waals surface area contributed by atoms with Crippen LogP contribution in [0.4, 0.5) is 0 Å². The molecule has 7 nitrogen and oxygen atoms in total. The first-order chi connectivity index (χ1) is 10.3. The van der Waals surface area contributed by atoms with Crippen molar-refractivity contribution < 1.29 is 4.79 Å². The molecule has 0 saturated heterocycles. The molecule has 0 atom stereocenters. The van der Waals surface area contributed by atoms with Gasteiger partial charge >= 0.3 is 0 Å². The molecule has 0 saturated carbocycles. The summed E-state index contributed by atoms with van der Waals surface area (Å²) in [6, 6.07) is 0. The molecule has 1 N–H and O–H groups in total. The third-order valence-electron chi connectivity index (χ3n) is 3.10. The van der Waals surface area contributed by atoms with Crippen molar-refractivity contribution in [3.8, 4) is 0 Å². The maximum absolute atomic E-state index is 11.7. The first kappa shape index (κ1) is 13.7. The summed E-state index contributed by atoms with van der Waals surface area (Å²) in [5.74, 6) is 0.0659. The predicted molar refractivity (Wildman–Crippen MR) is 79.0 cm³/mol. The van der Waals surface area contributed by atoms with Crippen LogP contribution < -0.4 is 5.32 Å². The summed E-state index contributed by atoms with van der Waals surface area (Å²) in [7, 11) is 0. The van der Waals surface area contributed by atoms with Crippen LogP contribution in [-0.4, -0.2) is 36.6 Å². The Morgan fingerprint density at radius 2 is 2.38 bits per heavy atom. The molecule has 0 radical (unpaired) electrons. The molecule has 0 aliphatic rings. The van der Waals surface area contributed by atoms with Crippen molar-refractivity contribution in [1.82, 2.24) is 29.5 Å². The smallest absolute Gasteiger partial charge is 0.220 e. The summed E-state index contributed by atoms with van der Waals surface area (Å²) in [5, 5.41) is 8.92. The van der Waals surface area contributed by atoms with Gasteiger partial charge in [0.2, 0.25) is 5.91 Å². The molecule has 0 unspecified atom stereocenters. The van der Waals surface area contributed by atoms with Gasteiger partial charge in [-0.25, -0.2) is 9.97 Å². The molecule has 3 aromatic heterocycles. The van der Waals surface area contributed by atoms with Gasteiger partial charge in [-0.05, 0) is 6.42 Å². The van der Waals surface area contributed by atoms with Gasteiger partial charge in [-0.2, -0.15) is 5.10 Å². The van der Waals surface area contributed by atoms with Crippen LogP contribution in [0.3, 0.4) is 0 Å². The first-order valence-electron chi connectivity index (χ1n) is 6.81. The number of aryl methyl sites for hydroxylation is 1. The van der Waals surface area contributed by atoms with E-state index in [0.717, 1.165) is 23.5 Å². The average Bonchev–Trinajstić information content (AvgIpc) is 3.14. The molecule has 0 spiro atoms. The molecule has 8 heteroatoms. The summed E-state index contributed by atoms with van der Waals surface area (Å²) in [4.78, 5) is 21.0.